The predicted octanol–water partition coefficient (Wildman–Crippen LogP) is 5.55. The molecule has 0 spiro atoms. The van der Waals surface area contributed by atoms with Gasteiger partial charge in [0.25, 0.3) is 11.5 Å². The Hall–Kier alpha value is -2.68. The first-order valence-electron chi connectivity index (χ1n) is 10.1. The largest absolute Gasteiger partial charge is 0.321 e. The van der Waals surface area contributed by atoms with E-state index >= 15 is 0 Å². The Morgan fingerprint density at radius 1 is 1.19 bits per heavy atom. The summed E-state index contributed by atoms with van der Waals surface area (Å²) >= 11 is 8.96. The van der Waals surface area contributed by atoms with Gasteiger partial charge in [0.15, 0.2) is 0 Å². The molecule has 2 heterocycles. The zero-order chi connectivity index (χ0) is 22.7. The highest BCUT2D eigenvalue weighted by Crippen LogP contribution is 2.30. The molecule has 0 aliphatic carbocycles. The van der Waals surface area contributed by atoms with Crippen molar-refractivity contribution in [3.8, 4) is 0 Å². The summed E-state index contributed by atoms with van der Waals surface area (Å²) in [6.45, 7) is 4.24. The van der Waals surface area contributed by atoms with Crippen molar-refractivity contribution in [3.05, 3.63) is 86.2 Å². The van der Waals surface area contributed by atoms with Crippen LogP contribution in [0.4, 0.5) is 5.69 Å². The SMILES string of the molecule is CC(C)Cc1nn2c(=O)cc(CSc3ccccc3NC(=O)c3cccc(Cl)c3)nc2s1. The lowest BCUT2D eigenvalue weighted by Gasteiger charge is -2.11. The maximum atomic E-state index is 12.6. The van der Waals surface area contributed by atoms with E-state index in [0.29, 0.717) is 38.6 Å². The van der Waals surface area contributed by atoms with Crippen LogP contribution in [-0.2, 0) is 12.2 Å². The van der Waals surface area contributed by atoms with Crippen molar-refractivity contribution >= 4 is 51.3 Å². The van der Waals surface area contributed by atoms with Crippen LogP contribution < -0.4 is 10.9 Å². The molecule has 0 aliphatic rings. The minimum atomic E-state index is -0.235. The molecule has 9 heteroatoms. The van der Waals surface area contributed by atoms with E-state index in [1.165, 1.54) is 33.7 Å². The van der Waals surface area contributed by atoms with Gasteiger partial charge in [-0.05, 0) is 36.2 Å². The summed E-state index contributed by atoms with van der Waals surface area (Å²) in [6, 6.07) is 15.9. The van der Waals surface area contributed by atoms with Crippen LogP contribution in [0.5, 0.6) is 0 Å². The molecule has 0 saturated carbocycles. The molecule has 0 aliphatic heterocycles. The summed E-state index contributed by atoms with van der Waals surface area (Å²) in [6.07, 6.45) is 0.817. The number of para-hydroxylation sites is 1. The lowest BCUT2D eigenvalue weighted by molar-refractivity contribution is 0.102. The molecule has 32 heavy (non-hydrogen) atoms. The highest BCUT2D eigenvalue weighted by molar-refractivity contribution is 7.98. The quantitative estimate of drug-likeness (QED) is 0.348. The van der Waals surface area contributed by atoms with Crippen molar-refractivity contribution in [1.29, 1.82) is 0 Å². The van der Waals surface area contributed by atoms with Crippen molar-refractivity contribution in [1.82, 2.24) is 14.6 Å². The smallest absolute Gasteiger partial charge is 0.275 e. The van der Waals surface area contributed by atoms with Crippen LogP contribution in [0.25, 0.3) is 4.96 Å². The van der Waals surface area contributed by atoms with E-state index in [-0.39, 0.29) is 11.5 Å². The third-order valence-corrected chi connectivity index (χ3v) is 6.79. The predicted molar refractivity (Wildman–Crippen MR) is 131 cm³/mol. The number of amides is 1. The Morgan fingerprint density at radius 3 is 2.78 bits per heavy atom. The van der Waals surface area contributed by atoms with Gasteiger partial charge in [0, 0.05) is 33.7 Å². The fraction of sp³-hybridized carbons (Fsp3) is 0.217. The average molecular weight is 485 g/mol. The number of nitrogens with zero attached hydrogens (tertiary/aromatic N) is 3. The van der Waals surface area contributed by atoms with Gasteiger partial charge in [0.05, 0.1) is 11.4 Å². The van der Waals surface area contributed by atoms with Crippen molar-refractivity contribution in [2.75, 3.05) is 5.32 Å². The summed E-state index contributed by atoms with van der Waals surface area (Å²) in [7, 11) is 0. The molecule has 0 saturated heterocycles. The van der Waals surface area contributed by atoms with E-state index in [0.717, 1.165) is 16.3 Å². The van der Waals surface area contributed by atoms with E-state index in [4.69, 9.17) is 11.6 Å². The number of carbonyl (C=O) groups is 1. The molecule has 0 radical (unpaired) electrons. The van der Waals surface area contributed by atoms with Gasteiger partial charge in [-0.3, -0.25) is 9.59 Å². The summed E-state index contributed by atoms with van der Waals surface area (Å²) < 4.78 is 1.37. The van der Waals surface area contributed by atoms with Gasteiger partial charge in [-0.2, -0.15) is 9.61 Å². The Balaban J connectivity index is 1.51. The monoisotopic (exact) mass is 484 g/mol. The van der Waals surface area contributed by atoms with Gasteiger partial charge < -0.3 is 5.32 Å². The number of benzene rings is 2. The van der Waals surface area contributed by atoms with Gasteiger partial charge in [0.2, 0.25) is 4.96 Å². The molecule has 0 fully saturated rings. The summed E-state index contributed by atoms with van der Waals surface area (Å²) in [5.41, 5.74) is 1.67. The van der Waals surface area contributed by atoms with Crippen LogP contribution in [0.3, 0.4) is 0 Å². The Morgan fingerprint density at radius 2 is 2.00 bits per heavy atom. The zero-order valence-corrected chi connectivity index (χ0v) is 19.9. The normalized spacial score (nSPS) is 11.2. The Labute approximate surface area is 198 Å². The van der Waals surface area contributed by atoms with E-state index in [9.17, 15) is 9.59 Å². The second-order valence-electron chi connectivity index (χ2n) is 7.62. The van der Waals surface area contributed by atoms with Crippen LogP contribution in [0.15, 0.2) is 64.3 Å². The lowest BCUT2D eigenvalue weighted by atomic mass is 10.1. The highest BCUT2D eigenvalue weighted by Gasteiger charge is 2.13. The summed E-state index contributed by atoms with van der Waals surface area (Å²) in [4.78, 5) is 31.2. The fourth-order valence-electron chi connectivity index (χ4n) is 3.07. The molecule has 4 rings (SSSR count). The zero-order valence-electron chi connectivity index (χ0n) is 17.5. The van der Waals surface area contributed by atoms with E-state index in [1.54, 1.807) is 24.3 Å². The number of rotatable bonds is 7. The Kier molecular flexibility index (Phi) is 6.93. The number of carbonyl (C=O) groups excluding carboxylic acids is 1. The third-order valence-electron chi connectivity index (χ3n) is 4.52. The van der Waals surface area contributed by atoms with Crippen LogP contribution >= 0.6 is 34.7 Å². The Bertz CT molecular complexity index is 1330. The van der Waals surface area contributed by atoms with E-state index < -0.39 is 0 Å². The topological polar surface area (TPSA) is 76.4 Å². The van der Waals surface area contributed by atoms with Crippen molar-refractivity contribution < 1.29 is 4.79 Å². The molecule has 1 N–H and O–H groups in total. The fourth-order valence-corrected chi connectivity index (χ4v) is 5.29. The number of hydrogen-bond donors (Lipinski definition) is 1. The van der Waals surface area contributed by atoms with Crippen LogP contribution in [0, 0.1) is 5.92 Å². The third kappa shape index (κ3) is 5.38. The first-order valence-corrected chi connectivity index (χ1v) is 12.2. The van der Waals surface area contributed by atoms with E-state index in [1.807, 2.05) is 24.3 Å². The van der Waals surface area contributed by atoms with Gasteiger partial charge in [-0.25, -0.2) is 4.98 Å². The van der Waals surface area contributed by atoms with Gasteiger partial charge in [-0.15, -0.1) is 11.8 Å². The number of hydrogen-bond acceptors (Lipinski definition) is 6. The molecule has 164 valence electrons. The minimum absolute atomic E-state index is 0.181. The van der Waals surface area contributed by atoms with Gasteiger partial charge in [0.1, 0.15) is 5.01 Å². The molecule has 0 atom stereocenters. The molecular formula is C23H21ClN4O2S2. The standard InChI is InChI=1S/C23H21ClN4O2S2/c1-14(2)10-20-27-28-21(29)12-17(25-23(28)32-20)13-31-19-9-4-3-8-18(19)26-22(30)15-6-5-7-16(24)11-15/h3-9,11-12,14H,10,13H2,1-2H3,(H,26,30). The molecule has 0 unspecified atom stereocenters. The number of halogens is 1. The second-order valence-corrected chi connectivity index (χ2v) is 10.1. The lowest BCUT2D eigenvalue weighted by Crippen LogP contribution is -2.15. The summed E-state index contributed by atoms with van der Waals surface area (Å²) in [5, 5.41) is 8.74. The van der Waals surface area contributed by atoms with Crippen LogP contribution in [0.1, 0.15) is 34.9 Å². The first-order chi connectivity index (χ1) is 15.4. The minimum Gasteiger partial charge on any atom is -0.321 e. The maximum Gasteiger partial charge on any atom is 0.275 e. The number of aromatic nitrogens is 3. The van der Waals surface area contributed by atoms with Crippen molar-refractivity contribution in [2.45, 2.75) is 30.9 Å². The van der Waals surface area contributed by atoms with Crippen molar-refractivity contribution in [2.24, 2.45) is 5.92 Å². The van der Waals surface area contributed by atoms with E-state index in [2.05, 4.69) is 29.2 Å². The van der Waals surface area contributed by atoms with Gasteiger partial charge in [-0.1, -0.05) is 55.0 Å². The number of nitrogens with one attached hydrogen (secondary N) is 1. The number of fused-ring (bicyclic) bond motifs is 1. The summed E-state index contributed by atoms with van der Waals surface area (Å²) in [5.74, 6) is 0.716. The van der Waals surface area contributed by atoms with Gasteiger partial charge >= 0.3 is 0 Å². The maximum absolute atomic E-state index is 12.6. The van der Waals surface area contributed by atoms with Crippen molar-refractivity contribution in [3.63, 3.8) is 0 Å². The highest BCUT2D eigenvalue weighted by atomic mass is 35.5. The van der Waals surface area contributed by atoms with Crippen LogP contribution in [-0.4, -0.2) is 20.5 Å². The average Bonchev–Trinajstić information content (AvgIpc) is 3.15. The molecule has 0 bridgehead atoms. The number of thioether (sulfide) groups is 1. The van der Waals surface area contributed by atoms with Crippen LogP contribution in [0.2, 0.25) is 5.02 Å². The molecule has 4 aromatic rings. The second kappa shape index (κ2) is 9.85. The molecule has 2 aromatic heterocycles. The first kappa shape index (κ1) is 22.5. The molecule has 1 amide bonds. The number of anilines is 1. The molecular weight excluding hydrogens is 464 g/mol. The molecule has 6 nitrogen and oxygen atoms in total. The molecule has 2 aromatic carbocycles.